The topological polar surface area (TPSA) is 64.6 Å². The molecule has 158 valence electrons. The van der Waals surface area contributed by atoms with Gasteiger partial charge in [0.1, 0.15) is 5.75 Å². The first kappa shape index (κ1) is 20.0. The number of hydrogen-bond donors (Lipinski definition) is 1. The van der Waals surface area contributed by atoms with Crippen LogP contribution in [-0.4, -0.2) is 24.8 Å². The van der Waals surface area contributed by atoms with Crippen molar-refractivity contribution in [2.75, 3.05) is 11.9 Å². The lowest BCUT2D eigenvalue weighted by molar-refractivity contribution is -0.274. The minimum atomic E-state index is -4.77. The summed E-state index contributed by atoms with van der Waals surface area (Å²) >= 11 is 0. The molecule has 1 aromatic rings. The van der Waals surface area contributed by atoms with Gasteiger partial charge in [0.15, 0.2) is 6.61 Å². The first-order valence-electron chi connectivity index (χ1n) is 9.99. The third-order valence-electron chi connectivity index (χ3n) is 6.42. The fourth-order valence-corrected chi connectivity index (χ4v) is 5.95. The number of rotatable bonds is 6. The van der Waals surface area contributed by atoms with Crippen molar-refractivity contribution in [1.82, 2.24) is 0 Å². The fraction of sp³-hybridized carbons (Fsp3) is 0.619. The number of carbonyl (C=O) groups excluding carboxylic acids is 2. The van der Waals surface area contributed by atoms with Crippen LogP contribution in [0, 0.1) is 23.2 Å². The number of ether oxygens (including phenoxy) is 2. The third-order valence-corrected chi connectivity index (χ3v) is 6.42. The van der Waals surface area contributed by atoms with Crippen LogP contribution < -0.4 is 10.1 Å². The summed E-state index contributed by atoms with van der Waals surface area (Å²) in [7, 11) is 0. The Kier molecular flexibility index (Phi) is 5.21. The number of amides is 1. The molecule has 1 aromatic carbocycles. The average Bonchev–Trinajstić information content (AvgIpc) is 2.59. The Morgan fingerprint density at radius 2 is 1.55 bits per heavy atom. The van der Waals surface area contributed by atoms with Gasteiger partial charge in [-0.1, -0.05) is 0 Å². The van der Waals surface area contributed by atoms with Gasteiger partial charge in [-0.25, -0.2) is 0 Å². The normalized spacial score (nSPS) is 30.1. The zero-order valence-corrected chi connectivity index (χ0v) is 16.0. The summed E-state index contributed by atoms with van der Waals surface area (Å²) < 4.78 is 45.4. The second-order valence-corrected chi connectivity index (χ2v) is 8.88. The maximum Gasteiger partial charge on any atom is 0.573 e. The molecule has 0 radical (unpaired) electrons. The molecule has 4 aliphatic rings. The molecule has 29 heavy (non-hydrogen) atoms. The number of halogens is 3. The van der Waals surface area contributed by atoms with E-state index in [0.29, 0.717) is 12.1 Å². The lowest BCUT2D eigenvalue weighted by Crippen LogP contribution is -2.47. The average molecular weight is 411 g/mol. The zero-order valence-electron chi connectivity index (χ0n) is 16.0. The van der Waals surface area contributed by atoms with E-state index in [1.807, 2.05) is 0 Å². The van der Waals surface area contributed by atoms with Gasteiger partial charge < -0.3 is 14.8 Å². The molecule has 4 aliphatic carbocycles. The van der Waals surface area contributed by atoms with E-state index in [0.717, 1.165) is 49.1 Å². The predicted molar refractivity (Wildman–Crippen MR) is 97.9 cm³/mol. The molecule has 0 heterocycles. The Labute approximate surface area is 166 Å². The molecule has 5 rings (SSSR count). The fourth-order valence-electron chi connectivity index (χ4n) is 5.95. The first-order chi connectivity index (χ1) is 13.7. The van der Waals surface area contributed by atoms with E-state index in [1.165, 1.54) is 31.4 Å². The molecule has 1 amide bonds. The third kappa shape index (κ3) is 5.03. The van der Waals surface area contributed by atoms with Crippen LogP contribution in [0.25, 0.3) is 0 Å². The van der Waals surface area contributed by atoms with E-state index in [-0.39, 0.29) is 17.1 Å². The van der Waals surface area contributed by atoms with Gasteiger partial charge >= 0.3 is 12.3 Å². The molecule has 0 aliphatic heterocycles. The van der Waals surface area contributed by atoms with Crippen molar-refractivity contribution >= 4 is 17.6 Å². The minimum absolute atomic E-state index is 0.0522. The maximum absolute atomic E-state index is 12.3. The van der Waals surface area contributed by atoms with Crippen LogP contribution in [0.15, 0.2) is 24.3 Å². The highest BCUT2D eigenvalue weighted by molar-refractivity contribution is 5.92. The second kappa shape index (κ2) is 7.54. The highest BCUT2D eigenvalue weighted by atomic mass is 19.4. The van der Waals surface area contributed by atoms with E-state index < -0.39 is 18.9 Å². The Morgan fingerprint density at radius 3 is 2.07 bits per heavy atom. The molecule has 4 saturated carbocycles. The largest absolute Gasteiger partial charge is 0.573 e. The van der Waals surface area contributed by atoms with Gasteiger partial charge in [-0.2, -0.15) is 0 Å². The lowest BCUT2D eigenvalue weighted by Gasteiger charge is -2.56. The number of esters is 1. The zero-order chi connectivity index (χ0) is 20.6. The Hall–Kier alpha value is -2.25. The predicted octanol–water partition coefficient (Wildman–Crippen LogP) is 4.67. The monoisotopic (exact) mass is 411 g/mol. The van der Waals surface area contributed by atoms with Crippen LogP contribution in [0.4, 0.5) is 18.9 Å². The highest BCUT2D eigenvalue weighted by Gasteiger charge is 2.51. The molecular formula is C21H24F3NO4. The number of alkyl halides is 3. The molecule has 0 unspecified atom stereocenters. The van der Waals surface area contributed by atoms with Crippen molar-refractivity contribution in [3.63, 3.8) is 0 Å². The summed E-state index contributed by atoms with van der Waals surface area (Å²) in [5.74, 6) is 0.951. The van der Waals surface area contributed by atoms with E-state index in [2.05, 4.69) is 10.1 Å². The number of nitrogens with one attached hydrogen (secondary N) is 1. The molecule has 0 spiro atoms. The molecule has 4 fully saturated rings. The molecule has 0 aromatic heterocycles. The summed E-state index contributed by atoms with van der Waals surface area (Å²) in [5.41, 5.74) is 0.345. The molecule has 5 nitrogen and oxygen atoms in total. The van der Waals surface area contributed by atoms with Crippen molar-refractivity contribution in [3.05, 3.63) is 24.3 Å². The summed E-state index contributed by atoms with van der Waals surface area (Å²) in [6.45, 7) is -0.411. The Balaban J connectivity index is 1.23. The molecule has 0 saturated heterocycles. The van der Waals surface area contributed by atoms with Crippen LogP contribution in [-0.2, 0) is 14.3 Å². The van der Waals surface area contributed by atoms with Crippen molar-refractivity contribution in [2.24, 2.45) is 23.2 Å². The SMILES string of the molecule is O=C(COC(=O)CC12CC3CC(CC(C3)C1)C2)Nc1ccc(OC(F)(F)F)cc1. The lowest BCUT2D eigenvalue weighted by atomic mass is 9.49. The van der Waals surface area contributed by atoms with Crippen molar-refractivity contribution in [1.29, 1.82) is 0 Å². The van der Waals surface area contributed by atoms with Gasteiger partial charge in [0.25, 0.3) is 5.91 Å². The summed E-state index contributed by atoms with van der Waals surface area (Å²) in [6.07, 6.45) is 2.76. The standard InChI is InChI=1S/C21H24F3NO4/c22-21(23,24)29-17-3-1-16(2-4-17)25-18(26)12-28-19(27)11-20-8-13-5-14(9-20)7-15(6-13)10-20/h1-4,13-15H,5-12H2,(H,25,26). The van der Waals surface area contributed by atoms with Crippen LogP contribution >= 0.6 is 0 Å². The summed E-state index contributed by atoms with van der Waals surface area (Å²) in [4.78, 5) is 24.3. The number of hydrogen-bond acceptors (Lipinski definition) is 4. The molecule has 8 heteroatoms. The van der Waals surface area contributed by atoms with Crippen molar-refractivity contribution in [3.8, 4) is 5.75 Å². The molecule has 4 bridgehead atoms. The van der Waals surface area contributed by atoms with Crippen LogP contribution in [0.1, 0.15) is 44.9 Å². The van der Waals surface area contributed by atoms with E-state index >= 15 is 0 Å². The quantitative estimate of drug-likeness (QED) is 0.691. The van der Waals surface area contributed by atoms with Gasteiger partial charge in [-0.15, -0.1) is 13.2 Å². The highest BCUT2D eigenvalue weighted by Crippen LogP contribution is 2.61. The van der Waals surface area contributed by atoms with Gasteiger partial charge in [-0.3, -0.25) is 9.59 Å². The minimum Gasteiger partial charge on any atom is -0.456 e. The maximum atomic E-state index is 12.3. The van der Waals surface area contributed by atoms with Crippen LogP contribution in [0.2, 0.25) is 0 Å². The van der Waals surface area contributed by atoms with Gasteiger partial charge in [0.05, 0.1) is 6.42 Å². The van der Waals surface area contributed by atoms with Gasteiger partial charge in [0, 0.05) is 5.69 Å². The Bertz CT molecular complexity index is 740. The van der Waals surface area contributed by atoms with E-state index in [9.17, 15) is 22.8 Å². The van der Waals surface area contributed by atoms with Crippen molar-refractivity contribution < 1.29 is 32.2 Å². The molecular weight excluding hydrogens is 387 g/mol. The second-order valence-electron chi connectivity index (χ2n) is 8.88. The van der Waals surface area contributed by atoms with Gasteiger partial charge in [-0.05, 0) is 86.0 Å². The first-order valence-corrected chi connectivity index (χ1v) is 9.99. The van der Waals surface area contributed by atoms with Crippen LogP contribution in [0.5, 0.6) is 5.75 Å². The van der Waals surface area contributed by atoms with E-state index in [4.69, 9.17) is 4.74 Å². The van der Waals surface area contributed by atoms with E-state index in [1.54, 1.807) is 0 Å². The van der Waals surface area contributed by atoms with Gasteiger partial charge in [0.2, 0.25) is 0 Å². The smallest absolute Gasteiger partial charge is 0.456 e. The number of carbonyl (C=O) groups is 2. The molecule has 1 N–H and O–H groups in total. The van der Waals surface area contributed by atoms with Crippen molar-refractivity contribution in [2.45, 2.75) is 51.3 Å². The number of benzene rings is 1. The van der Waals surface area contributed by atoms with Crippen LogP contribution in [0.3, 0.4) is 0 Å². The molecule has 0 atom stereocenters. The Morgan fingerprint density at radius 1 is 1.00 bits per heavy atom. The summed E-state index contributed by atoms with van der Waals surface area (Å²) in [5, 5.41) is 2.49. The number of anilines is 1. The summed E-state index contributed by atoms with van der Waals surface area (Å²) in [6, 6.07) is 4.77.